The van der Waals surface area contributed by atoms with Gasteiger partial charge in [0.15, 0.2) is 0 Å². The van der Waals surface area contributed by atoms with Crippen LogP contribution in [0.1, 0.15) is 6.42 Å². The number of ether oxygens (including phenoxy) is 2. The molecule has 0 unspecified atom stereocenters. The number of carbonyl (C=O) groups is 1. The number of hydrogen-bond donors (Lipinski definition) is 0. The van der Waals surface area contributed by atoms with Crippen LogP contribution in [-0.2, 0) is 14.3 Å². The van der Waals surface area contributed by atoms with Crippen LogP contribution in [0.15, 0.2) is 12.2 Å². The topological polar surface area (TPSA) is 38.8 Å². The van der Waals surface area contributed by atoms with Crippen LogP contribution in [0.4, 0.5) is 0 Å². The Morgan fingerprint density at radius 1 is 1.50 bits per heavy atom. The van der Waals surface area contributed by atoms with Crippen molar-refractivity contribution in [3.05, 3.63) is 12.2 Å². The fourth-order valence-corrected chi connectivity index (χ4v) is 1.36. The maximum atomic E-state index is 11.0. The first-order valence-electron chi connectivity index (χ1n) is 4.80. The molecule has 0 aromatic carbocycles. The Bertz CT molecular complexity index is 209. The summed E-state index contributed by atoms with van der Waals surface area (Å²) in [4.78, 5) is 13.3. The minimum atomic E-state index is -0.307. The van der Waals surface area contributed by atoms with Crippen LogP contribution in [0, 0.1) is 0 Å². The summed E-state index contributed by atoms with van der Waals surface area (Å²) in [5.41, 5.74) is 0.541. The molecule has 1 saturated heterocycles. The third-order valence-corrected chi connectivity index (χ3v) is 2.31. The molecule has 0 radical (unpaired) electrons. The van der Waals surface area contributed by atoms with E-state index in [9.17, 15) is 4.79 Å². The molecule has 0 bridgehead atoms. The van der Waals surface area contributed by atoms with E-state index in [1.54, 1.807) is 0 Å². The third-order valence-electron chi connectivity index (χ3n) is 2.31. The summed E-state index contributed by atoms with van der Waals surface area (Å²) in [7, 11) is 1.38. The zero-order valence-corrected chi connectivity index (χ0v) is 8.62. The highest BCUT2D eigenvalue weighted by Crippen LogP contribution is 2.04. The van der Waals surface area contributed by atoms with E-state index in [-0.39, 0.29) is 5.97 Å². The van der Waals surface area contributed by atoms with Crippen LogP contribution < -0.4 is 0 Å². The molecule has 0 atom stereocenters. The quantitative estimate of drug-likeness (QED) is 0.486. The van der Waals surface area contributed by atoms with Gasteiger partial charge in [-0.05, 0) is 6.42 Å². The van der Waals surface area contributed by atoms with Gasteiger partial charge >= 0.3 is 5.97 Å². The summed E-state index contributed by atoms with van der Waals surface area (Å²) in [6.07, 6.45) is 0.673. The zero-order valence-electron chi connectivity index (χ0n) is 8.62. The van der Waals surface area contributed by atoms with Gasteiger partial charge in [-0.2, -0.15) is 0 Å². The lowest BCUT2D eigenvalue weighted by atomic mass is 10.2. The molecule has 1 aliphatic rings. The number of rotatable bonds is 4. The molecule has 80 valence electrons. The number of hydrogen-bond acceptors (Lipinski definition) is 4. The van der Waals surface area contributed by atoms with Crippen molar-refractivity contribution in [3.63, 3.8) is 0 Å². The molecule has 4 heteroatoms. The van der Waals surface area contributed by atoms with Gasteiger partial charge < -0.3 is 9.47 Å². The lowest BCUT2D eigenvalue weighted by Gasteiger charge is -2.26. The molecule has 1 rings (SSSR count). The van der Waals surface area contributed by atoms with E-state index in [1.807, 2.05) is 0 Å². The Morgan fingerprint density at radius 3 is 2.71 bits per heavy atom. The number of esters is 1. The van der Waals surface area contributed by atoms with Crippen molar-refractivity contribution < 1.29 is 14.3 Å². The van der Waals surface area contributed by atoms with Crippen LogP contribution in [0.3, 0.4) is 0 Å². The van der Waals surface area contributed by atoms with Crippen LogP contribution in [-0.4, -0.2) is 50.8 Å². The molecule has 0 spiro atoms. The summed E-state index contributed by atoms with van der Waals surface area (Å²) >= 11 is 0. The summed E-state index contributed by atoms with van der Waals surface area (Å²) in [5.74, 6) is -0.307. The molecule has 1 heterocycles. The number of nitrogens with zero attached hydrogens (tertiary/aromatic N) is 1. The first-order chi connectivity index (χ1) is 6.74. The SMILES string of the molecule is C=C(CCN1CCOCC1)C(=O)OC. The van der Waals surface area contributed by atoms with Gasteiger partial charge in [0.1, 0.15) is 0 Å². The lowest BCUT2D eigenvalue weighted by Crippen LogP contribution is -2.37. The van der Waals surface area contributed by atoms with Crippen molar-refractivity contribution in [3.8, 4) is 0 Å². The maximum absolute atomic E-state index is 11.0. The lowest BCUT2D eigenvalue weighted by molar-refractivity contribution is -0.136. The minimum Gasteiger partial charge on any atom is -0.466 e. The predicted octanol–water partition coefficient (Wildman–Crippen LogP) is 0.438. The molecular weight excluding hydrogens is 182 g/mol. The molecule has 0 aromatic heterocycles. The van der Waals surface area contributed by atoms with Crippen molar-refractivity contribution in [2.24, 2.45) is 0 Å². The second-order valence-corrected chi connectivity index (χ2v) is 3.30. The molecule has 0 N–H and O–H groups in total. The predicted molar refractivity (Wildman–Crippen MR) is 53.0 cm³/mol. The van der Waals surface area contributed by atoms with E-state index in [0.29, 0.717) is 12.0 Å². The van der Waals surface area contributed by atoms with Gasteiger partial charge in [-0.15, -0.1) is 0 Å². The fraction of sp³-hybridized carbons (Fsp3) is 0.700. The fourth-order valence-electron chi connectivity index (χ4n) is 1.36. The van der Waals surface area contributed by atoms with Gasteiger partial charge in [0.2, 0.25) is 0 Å². The normalized spacial score (nSPS) is 17.8. The van der Waals surface area contributed by atoms with Crippen LogP contribution in [0.5, 0.6) is 0 Å². The number of methoxy groups -OCH3 is 1. The summed E-state index contributed by atoms with van der Waals surface area (Å²) in [5, 5.41) is 0. The van der Waals surface area contributed by atoms with Gasteiger partial charge in [-0.3, -0.25) is 4.90 Å². The van der Waals surface area contributed by atoms with Crippen LogP contribution >= 0.6 is 0 Å². The van der Waals surface area contributed by atoms with E-state index < -0.39 is 0 Å². The Morgan fingerprint density at radius 2 is 2.14 bits per heavy atom. The Kier molecular flexibility index (Phi) is 4.62. The second kappa shape index (κ2) is 5.78. The van der Waals surface area contributed by atoms with Gasteiger partial charge in [0, 0.05) is 25.2 Å². The monoisotopic (exact) mass is 199 g/mol. The number of morpholine rings is 1. The molecule has 0 amide bonds. The van der Waals surface area contributed by atoms with Crippen LogP contribution in [0.25, 0.3) is 0 Å². The third kappa shape index (κ3) is 3.47. The van der Waals surface area contributed by atoms with Gasteiger partial charge in [0.05, 0.1) is 20.3 Å². The van der Waals surface area contributed by atoms with Crippen molar-refractivity contribution >= 4 is 5.97 Å². The first-order valence-corrected chi connectivity index (χ1v) is 4.80. The van der Waals surface area contributed by atoms with Gasteiger partial charge in [-0.25, -0.2) is 4.79 Å². The van der Waals surface area contributed by atoms with E-state index in [0.717, 1.165) is 32.8 Å². The van der Waals surface area contributed by atoms with Crippen LogP contribution in [0.2, 0.25) is 0 Å². The van der Waals surface area contributed by atoms with Crippen molar-refractivity contribution in [1.29, 1.82) is 0 Å². The average Bonchev–Trinajstić information content (AvgIpc) is 2.26. The highest BCUT2D eigenvalue weighted by Gasteiger charge is 2.12. The minimum absolute atomic E-state index is 0.307. The second-order valence-electron chi connectivity index (χ2n) is 3.30. The van der Waals surface area contributed by atoms with E-state index in [1.165, 1.54) is 7.11 Å². The Labute approximate surface area is 84.5 Å². The summed E-state index contributed by atoms with van der Waals surface area (Å²) in [6, 6.07) is 0. The van der Waals surface area contributed by atoms with Gasteiger partial charge in [0.25, 0.3) is 0 Å². The molecule has 0 aromatic rings. The smallest absolute Gasteiger partial charge is 0.333 e. The Hall–Kier alpha value is -0.870. The van der Waals surface area contributed by atoms with Crippen molar-refractivity contribution in [2.45, 2.75) is 6.42 Å². The summed E-state index contributed by atoms with van der Waals surface area (Å²) < 4.78 is 9.79. The largest absolute Gasteiger partial charge is 0.466 e. The molecule has 14 heavy (non-hydrogen) atoms. The molecular formula is C10H17NO3. The van der Waals surface area contributed by atoms with Crippen molar-refractivity contribution in [1.82, 2.24) is 4.90 Å². The van der Waals surface area contributed by atoms with Crippen molar-refractivity contribution in [2.75, 3.05) is 40.0 Å². The highest BCUT2D eigenvalue weighted by molar-refractivity contribution is 5.87. The maximum Gasteiger partial charge on any atom is 0.333 e. The first kappa shape index (κ1) is 11.2. The van der Waals surface area contributed by atoms with E-state index in [4.69, 9.17) is 4.74 Å². The summed E-state index contributed by atoms with van der Waals surface area (Å²) in [6.45, 7) is 7.98. The molecule has 4 nitrogen and oxygen atoms in total. The standard InChI is InChI=1S/C10H17NO3/c1-9(10(12)13-2)3-4-11-5-7-14-8-6-11/h1,3-8H2,2H3. The number of carbonyl (C=O) groups excluding carboxylic acids is 1. The molecule has 1 aliphatic heterocycles. The Balaban J connectivity index is 2.18. The van der Waals surface area contributed by atoms with E-state index in [2.05, 4.69) is 16.2 Å². The van der Waals surface area contributed by atoms with Gasteiger partial charge in [-0.1, -0.05) is 6.58 Å². The molecule has 1 fully saturated rings. The zero-order chi connectivity index (χ0) is 10.4. The molecule has 0 saturated carbocycles. The molecule has 0 aliphatic carbocycles. The average molecular weight is 199 g/mol. The van der Waals surface area contributed by atoms with E-state index >= 15 is 0 Å². The highest BCUT2D eigenvalue weighted by atomic mass is 16.5.